The highest BCUT2D eigenvalue weighted by atomic mass is 16.4. The predicted octanol–water partition coefficient (Wildman–Crippen LogP) is 1.94. The number of hydrogen-bond donors (Lipinski definition) is 2. The van der Waals surface area contributed by atoms with Crippen molar-refractivity contribution in [3.05, 3.63) is 0 Å². The van der Waals surface area contributed by atoms with Crippen molar-refractivity contribution >= 4 is 11.9 Å². The molecule has 0 saturated heterocycles. The number of aliphatic carboxylic acids is 1. The fourth-order valence-electron chi connectivity index (χ4n) is 2.69. The van der Waals surface area contributed by atoms with E-state index in [1.165, 1.54) is 6.42 Å². The molecular weight excluding hydrogens is 218 g/mol. The van der Waals surface area contributed by atoms with Crippen LogP contribution in [0.3, 0.4) is 0 Å². The molecule has 1 atom stereocenters. The lowest BCUT2D eigenvalue weighted by Gasteiger charge is -2.24. The van der Waals surface area contributed by atoms with E-state index in [1.54, 1.807) is 0 Å². The minimum atomic E-state index is -0.814. The lowest BCUT2D eigenvalue weighted by molar-refractivity contribution is -0.138. The maximum Gasteiger partial charge on any atom is 0.305 e. The Morgan fingerprint density at radius 2 is 1.76 bits per heavy atom. The molecule has 2 fully saturated rings. The maximum atomic E-state index is 12.0. The maximum absolute atomic E-state index is 12.0. The van der Waals surface area contributed by atoms with Crippen molar-refractivity contribution in [3.63, 3.8) is 0 Å². The van der Waals surface area contributed by atoms with Crippen molar-refractivity contribution in [3.8, 4) is 0 Å². The minimum absolute atomic E-state index is 0.0725. The molecule has 0 spiro atoms. The van der Waals surface area contributed by atoms with Crippen LogP contribution in [0.2, 0.25) is 0 Å². The van der Waals surface area contributed by atoms with E-state index in [2.05, 4.69) is 5.32 Å². The summed E-state index contributed by atoms with van der Waals surface area (Å²) in [5, 5.41) is 11.8. The van der Waals surface area contributed by atoms with Crippen LogP contribution in [-0.4, -0.2) is 23.0 Å². The largest absolute Gasteiger partial charge is 0.481 e. The molecular formula is C13H21NO3. The van der Waals surface area contributed by atoms with E-state index in [4.69, 9.17) is 5.11 Å². The molecule has 0 heterocycles. The Labute approximate surface area is 102 Å². The minimum Gasteiger partial charge on any atom is -0.481 e. The number of hydrogen-bond acceptors (Lipinski definition) is 2. The lowest BCUT2D eigenvalue weighted by Crippen LogP contribution is -2.41. The van der Waals surface area contributed by atoms with Crippen molar-refractivity contribution in [1.29, 1.82) is 0 Å². The molecule has 17 heavy (non-hydrogen) atoms. The van der Waals surface area contributed by atoms with Crippen LogP contribution in [0.15, 0.2) is 0 Å². The summed E-state index contributed by atoms with van der Waals surface area (Å²) in [5.41, 5.74) is 0. The summed E-state index contributed by atoms with van der Waals surface area (Å²) in [6.45, 7) is 0. The van der Waals surface area contributed by atoms with E-state index in [0.29, 0.717) is 5.92 Å². The van der Waals surface area contributed by atoms with Crippen molar-refractivity contribution < 1.29 is 14.7 Å². The van der Waals surface area contributed by atoms with Gasteiger partial charge in [-0.2, -0.15) is 0 Å². The van der Waals surface area contributed by atoms with E-state index in [0.717, 1.165) is 38.5 Å². The summed E-state index contributed by atoms with van der Waals surface area (Å²) in [6, 6.07) is -0.137. The topological polar surface area (TPSA) is 66.4 Å². The molecule has 1 unspecified atom stereocenters. The molecule has 2 aliphatic carbocycles. The zero-order valence-corrected chi connectivity index (χ0v) is 10.2. The fourth-order valence-corrected chi connectivity index (χ4v) is 2.69. The number of carbonyl (C=O) groups is 2. The first-order valence-corrected chi connectivity index (χ1v) is 6.69. The van der Waals surface area contributed by atoms with Gasteiger partial charge in [-0.25, -0.2) is 0 Å². The summed E-state index contributed by atoms with van der Waals surface area (Å²) in [7, 11) is 0. The molecule has 4 nitrogen and oxygen atoms in total. The third-order valence-corrected chi connectivity index (χ3v) is 3.89. The first-order valence-electron chi connectivity index (χ1n) is 6.69. The normalized spacial score (nSPS) is 23.1. The van der Waals surface area contributed by atoms with E-state index in [1.807, 2.05) is 0 Å². The van der Waals surface area contributed by atoms with Gasteiger partial charge in [-0.15, -0.1) is 0 Å². The van der Waals surface area contributed by atoms with Crippen molar-refractivity contribution in [2.75, 3.05) is 0 Å². The van der Waals surface area contributed by atoms with Crippen LogP contribution in [0.5, 0.6) is 0 Å². The number of carbonyl (C=O) groups excluding carboxylic acids is 1. The standard InChI is InChI=1S/C13H21NO3/c15-12(16)8-11(9-6-7-9)14-13(17)10-4-2-1-3-5-10/h9-11H,1-8H2,(H,14,17)(H,15,16). The molecule has 0 bridgehead atoms. The Bertz CT molecular complexity index is 293. The second kappa shape index (κ2) is 5.52. The molecule has 1 amide bonds. The van der Waals surface area contributed by atoms with Gasteiger partial charge in [0, 0.05) is 12.0 Å². The molecule has 0 radical (unpaired) electrons. The molecule has 2 N–H and O–H groups in total. The second-order valence-corrected chi connectivity index (χ2v) is 5.39. The number of rotatable bonds is 5. The zero-order chi connectivity index (χ0) is 12.3. The quantitative estimate of drug-likeness (QED) is 0.770. The van der Waals surface area contributed by atoms with Gasteiger partial charge >= 0.3 is 5.97 Å². The monoisotopic (exact) mass is 239 g/mol. The van der Waals surface area contributed by atoms with E-state index in [9.17, 15) is 9.59 Å². The molecule has 2 rings (SSSR count). The fraction of sp³-hybridized carbons (Fsp3) is 0.846. The van der Waals surface area contributed by atoms with Gasteiger partial charge in [0.2, 0.25) is 5.91 Å². The summed E-state index contributed by atoms with van der Waals surface area (Å²) >= 11 is 0. The van der Waals surface area contributed by atoms with Gasteiger partial charge in [0.15, 0.2) is 0 Å². The molecule has 0 aromatic carbocycles. The highest BCUT2D eigenvalue weighted by molar-refractivity contribution is 5.80. The lowest BCUT2D eigenvalue weighted by atomic mass is 9.88. The van der Waals surface area contributed by atoms with Crippen LogP contribution in [0.4, 0.5) is 0 Å². The van der Waals surface area contributed by atoms with Crippen molar-refractivity contribution in [2.24, 2.45) is 11.8 Å². The van der Waals surface area contributed by atoms with E-state index in [-0.39, 0.29) is 24.3 Å². The summed E-state index contributed by atoms with van der Waals surface area (Å²) < 4.78 is 0. The third kappa shape index (κ3) is 3.72. The number of carboxylic acids is 1. The van der Waals surface area contributed by atoms with Crippen molar-refractivity contribution in [2.45, 2.75) is 57.4 Å². The van der Waals surface area contributed by atoms with Gasteiger partial charge in [0.25, 0.3) is 0 Å². The van der Waals surface area contributed by atoms with Gasteiger partial charge in [-0.05, 0) is 31.6 Å². The predicted molar refractivity (Wildman–Crippen MR) is 63.5 cm³/mol. The highest BCUT2D eigenvalue weighted by Gasteiger charge is 2.35. The van der Waals surface area contributed by atoms with E-state index >= 15 is 0 Å². The van der Waals surface area contributed by atoms with Gasteiger partial charge in [0.05, 0.1) is 6.42 Å². The summed E-state index contributed by atoms with van der Waals surface area (Å²) in [6.07, 6.45) is 7.61. The Kier molecular flexibility index (Phi) is 4.02. The number of amides is 1. The van der Waals surface area contributed by atoms with Gasteiger partial charge in [0.1, 0.15) is 0 Å². The molecule has 0 aliphatic heterocycles. The van der Waals surface area contributed by atoms with Crippen molar-refractivity contribution in [1.82, 2.24) is 5.32 Å². The first kappa shape index (κ1) is 12.4. The molecule has 96 valence electrons. The van der Waals surface area contributed by atoms with Gasteiger partial charge in [-0.1, -0.05) is 19.3 Å². The number of carboxylic acid groups (broad SMARTS) is 1. The van der Waals surface area contributed by atoms with E-state index < -0.39 is 5.97 Å². The zero-order valence-electron chi connectivity index (χ0n) is 10.2. The molecule has 0 aromatic heterocycles. The first-order chi connectivity index (χ1) is 8.16. The second-order valence-electron chi connectivity index (χ2n) is 5.39. The summed E-state index contributed by atoms with van der Waals surface area (Å²) in [4.78, 5) is 22.8. The Morgan fingerprint density at radius 1 is 1.12 bits per heavy atom. The Morgan fingerprint density at radius 3 is 2.29 bits per heavy atom. The SMILES string of the molecule is O=C(O)CC(NC(=O)C1CCCCC1)C1CC1. The van der Waals surface area contributed by atoms with Crippen LogP contribution in [-0.2, 0) is 9.59 Å². The van der Waals surface area contributed by atoms with Crippen LogP contribution in [0.1, 0.15) is 51.4 Å². The van der Waals surface area contributed by atoms with Gasteiger partial charge < -0.3 is 10.4 Å². The average molecular weight is 239 g/mol. The molecule has 4 heteroatoms. The molecule has 0 aromatic rings. The average Bonchev–Trinajstić information content (AvgIpc) is 3.12. The van der Waals surface area contributed by atoms with Crippen LogP contribution < -0.4 is 5.32 Å². The number of nitrogens with one attached hydrogen (secondary N) is 1. The Balaban J connectivity index is 1.83. The summed E-state index contributed by atoms with van der Waals surface area (Å²) in [5.74, 6) is -0.203. The smallest absolute Gasteiger partial charge is 0.305 e. The van der Waals surface area contributed by atoms with Crippen LogP contribution >= 0.6 is 0 Å². The van der Waals surface area contributed by atoms with Crippen LogP contribution in [0, 0.1) is 11.8 Å². The van der Waals surface area contributed by atoms with Gasteiger partial charge in [-0.3, -0.25) is 9.59 Å². The molecule has 2 aliphatic rings. The molecule has 2 saturated carbocycles. The Hall–Kier alpha value is -1.06. The van der Waals surface area contributed by atoms with Crippen LogP contribution in [0.25, 0.3) is 0 Å². The highest BCUT2D eigenvalue weighted by Crippen LogP contribution is 2.34. The third-order valence-electron chi connectivity index (χ3n) is 3.89.